The Morgan fingerprint density at radius 3 is 2.86 bits per heavy atom. The first-order chi connectivity index (χ1) is 10.2. The number of rotatable bonds is 4. The van der Waals surface area contributed by atoms with Gasteiger partial charge in [-0.2, -0.15) is 0 Å². The van der Waals surface area contributed by atoms with Crippen LogP contribution in [0.3, 0.4) is 0 Å². The SMILES string of the molecule is Fc1ccc(O[C@@H](c2cccnc2)[C@H]2CCNC2)c(F)c1. The zero-order valence-electron chi connectivity index (χ0n) is 11.4. The molecule has 1 aromatic heterocycles. The van der Waals surface area contributed by atoms with Crippen LogP contribution in [0.2, 0.25) is 0 Å². The van der Waals surface area contributed by atoms with Crippen LogP contribution in [-0.4, -0.2) is 18.1 Å². The van der Waals surface area contributed by atoms with E-state index in [-0.39, 0.29) is 17.8 Å². The molecule has 0 saturated carbocycles. The van der Waals surface area contributed by atoms with Crippen molar-refractivity contribution in [1.29, 1.82) is 0 Å². The van der Waals surface area contributed by atoms with Gasteiger partial charge in [-0.3, -0.25) is 4.98 Å². The number of aromatic nitrogens is 1. The molecule has 0 unspecified atom stereocenters. The third-order valence-corrected chi connectivity index (χ3v) is 3.69. The van der Waals surface area contributed by atoms with Crippen LogP contribution in [0.4, 0.5) is 8.78 Å². The number of benzene rings is 1. The second-order valence-corrected chi connectivity index (χ2v) is 5.15. The smallest absolute Gasteiger partial charge is 0.168 e. The van der Waals surface area contributed by atoms with E-state index in [0.717, 1.165) is 31.1 Å². The van der Waals surface area contributed by atoms with Gasteiger partial charge in [0, 0.05) is 36.5 Å². The molecule has 5 heteroatoms. The standard InChI is InChI=1S/C16H16F2N2O/c17-13-3-4-15(14(18)8-13)21-16(12-5-7-20-10-12)11-2-1-6-19-9-11/h1-4,6,8-9,12,16,20H,5,7,10H2/t12-,16-/m0/s1. The van der Waals surface area contributed by atoms with E-state index in [1.807, 2.05) is 12.1 Å². The molecule has 0 spiro atoms. The predicted molar refractivity (Wildman–Crippen MR) is 74.9 cm³/mol. The van der Waals surface area contributed by atoms with Gasteiger partial charge in [-0.15, -0.1) is 0 Å². The van der Waals surface area contributed by atoms with Gasteiger partial charge >= 0.3 is 0 Å². The summed E-state index contributed by atoms with van der Waals surface area (Å²) in [5.41, 5.74) is 0.898. The third kappa shape index (κ3) is 3.19. The summed E-state index contributed by atoms with van der Waals surface area (Å²) in [7, 11) is 0. The Morgan fingerprint density at radius 1 is 1.29 bits per heavy atom. The molecule has 110 valence electrons. The number of hydrogen-bond donors (Lipinski definition) is 1. The quantitative estimate of drug-likeness (QED) is 0.939. The Morgan fingerprint density at radius 2 is 2.19 bits per heavy atom. The van der Waals surface area contributed by atoms with Crippen molar-refractivity contribution in [3.63, 3.8) is 0 Å². The van der Waals surface area contributed by atoms with Gasteiger partial charge in [0.2, 0.25) is 0 Å². The average molecular weight is 290 g/mol. The molecule has 2 heterocycles. The molecule has 0 aliphatic carbocycles. The zero-order chi connectivity index (χ0) is 14.7. The van der Waals surface area contributed by atoms with Gasteiger partial charge in [-0.05, 0) is 31.2 Å². The highest BCUT2D eigenvalue weighted by Crippen LogP contribution is 2.32. The lowest BCUT2D eigenvalue weighted by molar-refractivity contribution is 0.137. The van der Waals surface area contributed by atoms with Gasteiger partial charge < -0.3 is 10.1 Å². The van der Waals surface area contributed by atoms with Crippen molar-refractivity contribution in [1.82, 2.24) is 10.3 Å². The Labute approximate surface area is 122 Å². The maximum Gasteiger partial charge on any atom is 0.168 e. The summed E-state index contributed by atoms with van der Waals surface area (Å²) in [6, 6.07) is 7.11. The summed E-state index contributed by atoms with van der Waals surface area (Å²) in [4.78, 5) is 4.10. The Bertz CT molecular complexity index is 600. The Balaban J connectivity index is 1.88. The van der Waals surface area contributed by atoms with E-state index in [1.54, 1.807) is 12.4 Å². The molecule has 1 aromatic carbocycles. The Kier molecular flexibility index (Phi) is 4.10. The minimum absolute atomic E-state index is 0.0668. The van der Waals surface area contributed by atoms with E-state index < -0.39 is 11.6 Å². The lowest BCUT2D eigenvalue weighted by Crippen LogP contribution is -2.22. The lowest BCUT2D eigenvalue weighted by atomic mass is 9.96. The lowest BCUT2D eigenvalue weighted by Gasteiger charge is -2.24. The normalized spacial score (nSPS) is 19.4. The monoisotopic (exact) mass is 290 g/mol. The number of pyridine rings is 1. The van der Waals surface area contributed by atoms with E-state index in [2.05, 4.69) is 10.3 Å². The predicted octanol–water partition coefficient (Wildman–Crippen LogP) is 3.09. The Hall–Kier alpha value is -2.01. The first-order valence-corrected chi connectivity index (χ1v) is 6.96. The van der Waals surface area contributed by atoms with Gasteiger partial charge in [0.15, 0.2) is 11.6 Å². The number of ether oxygens (including phenoxy) is 1. The summed E-state index contributed by atoms with van der Waals surface area (Å²) in [5.74, 6) is -0.994. The summed E-state index contributed by atoms with van der Waals surface area (Å²) in [6.45, 7) is 1.72. The first kappa shape index (κ1) is 13.9. The second-order valence-electron chi connectivity index (χ2n) is 5.15. The van der Waals surface area contributed by atoms with Crippen molar-refractivity contribution < 1.29 is 13.5 Å². The van der Waals surface area contributed by atoms with Gasteiger partial charge in [0.25, 0.3) is 0 Å². The van der Waals surface area contributed by atoms with Crippen LogP contribution in [0.15, 0.2) is 42.7 Å². The zero-order valence-corrected chi connectivity index (χ0v) is 11.4. The van der Waals surface area contributed by atoms with Crippen molar-refractivity contribution in [2.24, 2.45) is 5.92 Å². The molecule has 0 bridgehead atoms. The summed E-state index contributed by atoms with van der Waals surface area (Å²) >= 11 is 0. The number of nitrogens with one attached hydrogen (secondary N) is 1. The van der Waals surface area contributed by atoms with Crippen molar-refractivity contribution in [2.45, 2.75) is 12.5 Å². The molecule has 1 aliphatic rings. The van der Waals surface area contributed by atoms with Crippen LogP contribution in [0.25, 0.3) is 0 Å². The highest BCUT2D eigenvalue weighted by molar-refractivity contribution is 5.26. The van der Waals surface area contributed by atoms with Crippen molar-refractivity contribution >= 4 is 0 Å². The molecule has 1 N–H and O–H groups in total. The van der Waals surface area contributed by atoms with Crippen molar-refractivity contribution in [3.8, 4) is 5.75 Å². The van der Waals surface area contributed by atoms with Crippen molar-refractivity contribution in [3.05, 3.63) is 59.9 Å². The fourth-order valence-electron chi connectivity index (χ4n) is 2.62. The molecular formula is C16H16F2N2O. The van der Waals surface area contributed by atoms with Crippen LogP contribution in [0.1, 0.15) is 18.1 Å². The highest BCUT2D eigenvalue weighted by Gasteiger charge is 2.29. The molecule has 2 aromatic rings. The molecule has 21 heavy (non-hydrogen) atoms. The molecule has 1 fully saturated rings. The summed E-state index contributed by atoms with van der Waals surface area (Å²) in [6.07, 6.45) is 4.06. The number of halogens is 2. The van der Waals surface area contributed by atoms with Crippen LogP contribution in [-0.2, 0) is 0 Å². The van der Waals surface area contributed by atoms with Gasteiger partial charge in [-0.25, -0.2) is 8.78 Å². The molecule has 0 amide bonds. The van der Waals surface area contributed by atoms with E-state index in [0.29, 0.717) is 0 Å². The molecule has 2 atom stereocenters. The molecule has 0 radical (unpaired) electrons. The second kappa shape index (κ2) is 6.18. The molecule has 1 aliphatic heterocycles. The van der Waals surface area contributed by atoms with E-state index in [9.17, 15) is 8.78 Å². The fourth-order valence-corrected chi connectivity index (χ4v) is 2.62. The minimum atomic E-state index is -0.685. The van der Waals surface area contributed by atoms with Crippen LogP contribution >= 0.6 is 0 Å². The van der Waals surface area contributed by atoms with Crippen LogP contribution < -0.4 is 10.1 Å². The molecule has 3 rings (SSSR count). The van der Waals surface area contributed by atoms with Gasteiger partial charge in [0.05, 0.1) is 0 Å². The van der Waals surface area contributed by atoms with Crippen molar-refractivity contribution in [2.75, 3.05) is 13.1 Å². The number of hydrogen-bond acceptors (Lipinski definition) is 3. The maximum absolute atomic E-state index is 13.8. The largest absolute Gasteiger partial charge is 0.482 e. The summed E-state index contributed by atoms with van der Waals surface area (Å²) in [5, 5.41) is 3.28. The minimum Gasteiger partial charge on any atom is -0.482 e. The van der Waals surface area contributed by atoms with Crippen LogP contribution in [0.5, 0.6) is 5.75 Å². The number of nitrogens with zero attached hydrogens (tertiary/aromatic N) is 1. The highest BCUT2D eigenvalue weighted by atomic mass is 19.1. The fraction of sp³-hybridized carbons (Fsp3) is 0.312. The van der Waals surface area contributed by atoms with Crippen LogP contribution in [0, 0.1) is 17.6 Å². The molecule has 3 nitrogen and oxygen atoms in total. The molecule has 1 saturated heterocycles. The third-order valence-electron chi connectivity index (χ3n) is 3.69. The average Bonchev–Trinajstić information content (AvgIpc) is 3.01. The van der Waals surface area contributed by atoms with Gasteiger partial charge in [0.1, 0.15) is 11.9 Å². The summed E-state index contributed by atoms with van der Waals surface area (Å²) < 4.78 is 32.7. The molecular weight excluding hydrogens is 274 g/mol. The maximum atomic E-state index is 13.8. The van der Waals surface area contributed by atoms with E-state index in [4.69, 9.17) is 4.74 Å². The van der Waals surface area contributed by atoms with E-state index >= 15 is 0 Å². The first-order valence-electron chi connectivity index (χ1n) is 6.96. The van der Waals surface area contributed by atoms with E-state index in [1.165, 1.54) is 12.1 Å². The topological polar surface area (TPSA) is 34.1 Å². The van der Waals surface area contributed by atoms with Gasteiger partial charge in [-0.1, -0.05) is 6.07 Å².